The van der Waals surface area contributed by atoms with Gasteiger partial charge >= 0.3 is 0 Å². The molecule has 5 nitrogen and oxygen atoms in total. The number of halogens is 2. The number of amides is 1. The largest absolute Gasteiger partial charge is 0.506 e. The maximum absolute atomic E-state index is 12.8. The first-order valence-corrected chi connectivity index (χ1v) is 12.9. The number of anilines is 1. The van der Waals surface area contributed by atoms with Crippen molar-refractivity contribution in [1.29, 1.82) is 0 Å². The lowest BCUT2D eigenvalue weighted by Gasteiger charge is -2.18. The van der Waals surface area contributed by atoms with Gasteiger partial charge in [0.2, 0.25) is 5.91 Å². The number of rotatable bonds is 7. The second kappa shape index (κ2) is 11.6. The Hall–Kier alpha value is -2.08. The number of phenols is 1. The quantitative estimate of drug-likeness (QED) is 0.345. The number of nitrogens with one attached hydrogen (secondary N) is 1. The second-order valence-corrected chi connectivity index (χ2v) is 10.6. The van der Waals surface area contributed by atoms with Crippen LogP contribution in [0.2, 0.25) is 10.0 Å². The summed E-state index contributed by atoms with van der Waals surface area (Å²) < 4.78 is 0. The van der Waals surface area contributed by atoms with Crippen LogP contribution in [0.15, 0.2) is 42.5 Å². The Balaban J connectivity index is 1.21. The topological polar surface area (TPSA) is 69.6 Å². The minimum atomic E-state index is -0.156. The van der Waals surface area contributed by atoms with Gasteiger partial charge in [0.05, 0.1) is 17.5 Å². The van der Waals surface area contributed by atoms with Crippen molar-refractivity contribution < 1.29 is 14.7 Å². The molecule has 2 N–H and O–H groups in total. The van der Waals surface area contributed by atoms with E-state index in [0.717, 1.165) is 50.1 Å². The molecule has 1 aliphatic heterocycles. The highest BCUT2D eigenvalue weighted by Crippen LogP contribution is 2.36. The summed E-state index contributed by atoms with van der Waals surface area (Å²) in [5, 5.41) is 13.4. The van der Waals surface area contributed by atoms with Crippen molar-refractivity contribution in [3.63, 3.8) is 0 Å². The molecule has 2 aromatic rings. The van der Waals surface area contributed by atoms with Crippen LogP contribution in [-0.2, 0) is 9.59 Å². The first-order chi connectivity index (χ1) is 16.4. The third-order valence-electron chi connectivity index (χ3n) is 7.18. The van der Waals surface area contributed by atoms with Crippen LogP contribution in [0, 0.1) is 11.8 Å². The molecule has 0 aromatic heterocycles. The Morgan fingerprint density at radius 2 is 1.88 bits per heavy atom. The maximum atomic E-state index is 12.8. The number of aromatic hydroxyl groups is 1. The lowest BCUT2D eigenvalue weighted by atomic mass is 9.90. The normalized spacial score (nSPS) is 23.4. The Bertz CT molecular complexity index is 1030. The van der Waals surface area contributed by atoms with Gasteiger partial charge in [-0.25, -0.2) is 0 Å². The fourth-order valence-corrected chi connectivity index (χ4v) is 5.71. The van der Waals surface area contributed by atoms with Gasteiger partial charge in [-0.15, -0.1) is 0 Å². The predicted molar refractivity (Wildman–Crippen MR) is 137 cm³/mol. The van der Waals surface area contributed by atoms with E-state index in [2.05, 4.69) is 22.3 Å². The zero-order chi connectivity index (χ0) is 24.1. The number of hydrogen-bond donors (Lipinski definition) is 2. The molecule has 0 spiro atoms. The van der Waals surface area contributed by atoms with Gasteiger partial charge in [-0.2, -0.15) is 0 Å². The third kappa shape index (κ3) is 6.74. The van der Waals surface area contributed by atoms with Crippen LogP contribution in [0.1, 0.15) is 56.4 Å². The van der Waals surface area contributed by atoms with E-state index >= 15 is 0 Å². The van der Waals surface area contributed by atoms with Gasteiger partial charge in [0.1, 0.15) is 11.5 Å². The van der Waals surface area contributed by atoms with Crippen LogP contribution in [-0.4, -0.2) is 41.3 Å². The van der Waals surface area contributed by atoms with E-state index in [1.807, 2.05) is 12.1 Å². The van der Waals surface area contributed by atoms with Crippen LogP contribution in [0.3, 0.4) is 0 Å². The molecule has 2 aromatic carbocycles. The highest BCUT2D eigenvalue weighted by Gasteiger charge is 2.30. The van der Waals surface area contributed by atoms with Gasteiger partial charge in [-0.1, -0.05) is 48.2 Å². The van der Waals surface area contributed by atoms with Gasteiger partial charge < -0.3 is 10.4 Å². The molecule has 1 heterocycles. The number of carbonyl (C=O) groups excluding carboxylic acids is 2. The molecule has 3 atom stereocenters. The van der Waals surface area contributed by atoms with Crippen LogP contribution in [0.5, 0.6) is 5.75 Å². The summed E-state index contributed by atoms with van der Waals surface area (Å²) in [5.41, 5.74) is 1.88. The number of benzene rings is 2. The molecular weight excluding hydrogens is 471 g/mol. The molecule has 1 amide bonds. The van der Waals surface area contributed by atoms with Crippen molar-refractivity contribution in [2.24, 2.45) is 11.8 Å². The Morgan fingerprint density at radius 3 is 2.68 bits per heavy atom. The van der Waals surface area contributed by atoms with Crippen molar-refractivity contribution in [1.82, 2.24) is 4.90 Å². The molecule has 3 unspecified atom stereocenters. The molecule has 7 heteroatoms. The maximum Gasteiger partial charge on any atom is 0.228 e. The Kier molecular flexibility index (Phi) is 8.51. The summed E-state index contributed by atoms with van der Waals surface area (Å²) in [7, 11) is 0. The lowest BCUT2D eigenvalue weighted by molar-refractivity contribution is -0.122. The number of phenolic OH excluding ortho intramolecular Hbond substituents is 1. The molecule has 4 rings (SSSR count). The molecule has 1 saturated carbocycles. The highest BCUT2D eigenvalue weighted by atomic mass is 35.5. The monoisotopic (exact) mass is 502 g/mol. The minimum Gasteiger partial charge on any atom is -0.506 e. The van der Waals surface area contributed by atoms with E-state index in [9.17, 15) is 14.7 Å². The van der Waals surface area contributed by atoms with Gasteiger partial charge in [0.25, 0.3) is 0 Å². The summed E-state index contributed by atoms with van der Waals surface area (Å²) >= 11 is 12.1. The average molecular weight is 503 g/mol. The number of ketones is 1. The van der Waals surface area contributed by atoms with E-state index in [4.69, 9.17) is 23.2 Å². The van der Waals surface area contributed by atoms with E-state index in [1.54, 1.807) is 6.07 Å². The summed E-state index contributed by atoms with van der Waals surface area (Å²) in [6.07, 6.45) is 6.93. The number of Topliss-reactive ketones (excluding diaryl/α,β-unsaturated/α-hetero) is 1. The number of hydrogen-bond acceptors (Lipinski definition) is 4. The van der Waals surface area contributed by atoms with Crippen molar-refractivity contribution in [2.75, 3.05) is 25.0 Å². The number of carbonyl (C=O) groups is 2. The molecule has 182 valence electrons. The van der Waals surface area contributed by atoms with Crippen LogP contribution < -0.4 is 5.32 Å². The van der Waals surface area contributed by atoms with Crippen molar-refractivity contribution in [3.8, 4) is 5.75 Å². The van der Waals surface area contributed by atoms with Crippen molar-refractivity contribution >= 4 is 40.6 Å². The zero-order valence-corrected chi connectivity index (χ0v) is 20.8. The molecule has 34 heavy (non-hydrogen) atoms. The van der Waals surface area contributed by atoms with E-state index < -0.39 is 0 Å². The molecule has 2 fully saturated rings. The number of likely N-dealkylation sites (tertiary alicyclic amines) is 1. The van der Waals surface area contributed by atoms with Crippen LogP contribution >= 0.6 is 23.2 Å². The van der Waals surface area contributed by atoms with E-state index in [-0.39, 0.29) is 28.4 Å². The van der Waals surface area contributed by atoms with Crippen LogP contribution in [0.25, 0.3) is 0 Å². The van der Waals surface area contributed by atoms with Gasteiger partial charge in [-0.3, -0.25) is 14.5 Å². The lowest BCUT2D eigenvalue weighted by Crippen LogP contribution is -2.31. The molecule has 0 radical (unpaired) electrons. The average Bonchev–Trinajstić information content (AvgIpc) is 3.14. The van der Waals surface area contributed by atoms with Crippen LogP contribution in [0.4, 0.5) is 5.69 Å². The standard InChI is InChI=1S/C27H32Cl2N2O3/c28-22-6-2-5-20(14-22)19-4-1-3-18(7-8-19)13-24(32)17-31-12-11-21(16-31)27(34)30-23-9-10-26(33)25(29)15-23/h2,5-6,9-10,14-15,18-19,21,33H,1,3-4,7-8,11-13,16-17H2,(H,30,34). The van der Waals surface area contributed by atoms with Crippen molar-refractivity contribution in [3.05, 3.63) is 58.1 Å². The SMILES string of the molecule is O=C(CC1CCCC(c2cccc(Cl)c2)CC1)CN1CCC(C(=O)Nc2ccc(O)c(Cl)c2)C1. The molecule has 2 aliphatic rings. The Morgan fingerprint density at radius 1 is 1.03 bits per heavy atom. The first-order valence-electron chi connectivity index (χ1n) is 12.2. The summed E-state index contributed by atoms with van der Waals surface area (Å²) in [6.45, 7) is 1.76. The van der Waals surface area contributed by atoms with Gasteiger partial charge in [0.15, 0.2) is 0 Å². The second-order valence-electron chi connectivity index (χ2n) is 9.75. The van der Waals surface area contributed by atoms with Crippen molar-refractivity contribution in [2.45, 2.75) is 50.9 Å². The molecule has 0 bridgehead atoms. The number of nitrogens with zero attached hydrogens (tertiary/aromatic N) is 1. The third-order valence-corrected chi connectivity index (χ3v) is 7.72. The fraction of sp³-hybridized carbons (Fsp3) is 0.481. The van der Waals surface area contributed by atoms with E-state index in [0.29, 0.717) is 37.0 Å². The molecule has 1 aliphatic carbocycles. The molecule has 1 saturated heterocycles. The summed E-state index contributed by atoms with van der Waals surface area (Å²) in [4.78, 5) is 27.5. The molecular formula is C27H32Cl2N2O3. The first kappa shape index (κ1) is 25.0. The predicted octanol–water partition coefficient (Wildman–Crippen LogP) is 6.28. The minimum absolute atomic E-state index is 0.0149. The van der Waals surface area contributed by atoms with Gasteiger partial charge in [0, 0.05) is 23.7 Å². The smallest absolute Gasteiger partial charge is 0.228 e. The fourth-order valence-electron chi connectivity index (χ4n) is 5.33. The summed E-state index contributed by atoms with van der Waals surface area (Å²) in [6, 6.07) is 12.8. The summed E-state index contributed by atoms with van der Waals surface area (Å²) in [5.74, 6) is 0.999. The zero-order valence-electron chi connectivity index (χ0n) is 19.3. The Labute approximate surface area is 211 Å². The van der Waals surface area contributed by atoms with Gasteiger partial charge in [-0.05, 0) is 80.0 Å². The highest BCUT2D eigenvalue weighted by molar-refractivity contribution is 6.32. The van der Waals surface area contributed by atoms with E-state index in [1.165, 1.54) is 17.7 Å².